The Morgan fingerprint density at radius 1 is 0.952 bits per heavy atom. The number of benzene rings is 1. The monoisotopic (exact) mass is 284 g/mol. The molecule has 1 aliphatic carbocycles. The molecule has 0 aliphatic heterocycles. The molecule has 1 unspecified atom stereocenters. The van der Waals surface area contributed by atoms with Gasteiger partial charge in [0.15, 0.2) is 5.78 Å². The highest BCUT2D eigenvalue weighted by Gasteiger charge is 2.26. The second-order valence-corrected chi connectivity index (χ2v) is 6.30. The first-order valence-electron chi connectivity index (χ1n) is 8.55. The van der Waals surface area contributed by atoms with E-state index in [0.717, 1.165) is 17.5 Å². The van der Waals surface area contributed by atoms with E-state index in [2.05, 4.69) is 19.9 Å². The van der Waals surface area contributed by atoms with Crippen molar-refractivity contribution in [1.82, 2.24) is 0 Å². The van der Waals surface area contributed by atoms with Crippen LogP contribution in [-0.4, -0.2) is 5.78 Å². The van der Waals surface area contributed by atoms with Gasteiger partial charge in [-0.15, -0.1) is 0 Å². The molecule has 1 heteroatoms. The molecule has 1 aromatic rings. The van der Waals surface area contributed by atoms with Gasteiger partial charge in [-0.3, -0.25) is 4.79 Å². The van der Waals surface area contributed by atoms with Gasteiger partial charge in [0, 0.05) is 11.5 Å². The molecule has 0 bridgehead atoms. The standard InChI is InChI=1S/C20H28O/c1-3-4-5-6-7-8-9-13-18-16(2)15-17-12-10-11-14-19(17)20(18)21/h10-12,14-15,18H,3-9,13H2,1-2H3. The van der Waals surface area contributed by atoms with Crippen LogP contribution < -0.4 is 0 Å². The van der Waals surface area contributed by atoms with Crippen molar-refractivity contribution in [3.05, 3.63) is 41.0 Å². The van der Waals surface area contributed by atoms with Gasteiger partial charge >= 0.3 is 0 Å². The Morgan fingerprint density at radius 2 is 1.62 bits per heavy atom. The number of hydrogen-bond donors (Lipinski definition) is 0. The fourth-order valence-corrected chi connectivity index (χ4v) is 3.25. The molecule has 1 aliphatic rings. The summed E-state index contributed by atoms with van der Waals surface area (Å²) < 4.78 is 0. The van der Waals surface area contributed by atoms with E-state index in [1.807, 2.05) is 24.3 Å². The zero-order chi connectivity index (χ0) is 15.1. The molecule has 0 spiro atoms. The van der Waals surface area contributed by atoms with E-state index < -0.39 is 0 Å². The maximum atomic E-state index is 12.6. The van der Waals surface area contributed by atoms with Crippen LogP contribution in [0.2, 0.25) is 0 Å². The van der Waals surface area contributed by atoms with Crippen LogP contribution in [-0.2, 0) is 0 Å². The van der Waals surface area contributed by atoms with Gasteiger partial charge < -0.3 is 0 Å². The van der Waals surface area contributed by atoms with Gasteiger partial charge in [0.1, 0.15) is 0 Å². The zero-order valence-electron chi connectivity index (χ0n) is 13.5. The summed E-state index contributed by atoms with van der Waals surface area (Å²) in [6.07, 6.45) is 12.4. The van der Waals surface area contributed by atoms with Crippen molar-refractivity contribution in [1.29, 1.82) is 0 Å². The molecular weight excluding hydrogens is 256 g/mol. The Hall–Kier alpha value is -1.37. The van der Waals surface area contributed by atoms with Crippen LogP contribution in [0.1, 0.15) is 81.1 Å². The van der Waals surface area contributed by atoms with Crippen LogP contribution in [0.25, 0.3) is 6.08 Å². The third-order valence-electron chi connectivity index (χ3n) is 4.57. The topological polar surface area (TPSA) is 17.1 Å². The molecule has 0 fully saturated rings. The third kappa shape index (κ3) is 4.30. The molecule has 2 rings (SSSR count). The van der Waals surface area contributed by atoms with Gasteiger partial charge in [-0.2, -0.15) is 0 Å². The molecule has 0 heterocycles. The molecule has 1 aromatic carbocycles. The molecule has 0 radical (unpaired) electrons. The summed E-state index contributed by atoms with van der Waals surface area (Å²) in [6.45, 7) is 4.36. The van der Waals surface area contributed by atoms with Crippen LogP contribution in [0.3, 0.4) is 0 Å². The molecule has 114 valence electrons. The highest BCUT2D eigenvalue weighted by Crippen LogP contribution is 2.31. The molecule has 21 heavy (non-hydrogen) atoms. The summed E-state index contributed by atoms with van der Waals surface area (Å²) in [4.78, 5) is 12.6. The first-order valence-corrected chi connectivity index (χ1v) is 8.55. The van der Waals surface area contributed by atoms with Crippen LogP contribution in [0.15, 0.2) is 29.8 Å². The van der Waals surface area contributed by atoms with Crippen molar-refractivity contribution in [2.75, 3.05) is 0 Å². The number of rotatable bonds is 8. The summed E-state index contributed by atoms with van der Waals surface area (Å²) in [5, 5.41) is 0. The summed E-state index contributed by atoms with van der Waals surface area (Å²) in [5.41, 5.74) is 3.25. The molecule has 0 saturated carbocycles. The first-order chi connectivity index (χ1) is 10.2. The van der Waals surface area contributed by atoms with Crippen molar-refractivity contribution in [2.45, 2.75) is 65.2 Å². The average Bonchev–Trinajstić information content (AvgIpc) is 2.49. The van der Waals surface area contributed by atoms with Gasteiger partial charge in [-0.25, -0.2) is 0 Å². The number of carbonyl (C=O) groups is 1. The second-order valence-electron chi connectivity index (χ2n) is 6.30. The normalized spacial score (nSPS) is 17.5. The summed E-state index contributed by atoms with van der Waals surface area (Å²) in [7, 11) is 0. The maximum absolute atomic E-state index is 12.6. The smallest absolute Gasteiger partial charge is 0.170 e. The lowest BCUT2D eigenvalue weighted by Gasteiger charge is -2.22. The predicted octanol–water partition coefficient (Wildman–Crippen LogP) is 6.04. The first kappa shape index (κ1) is 16.0. The van der Waals surface area contributed by atoms with Crippen molar-refractivity contribution < 1.29 is 4.79 Å². The van der Waals surface area contributed by atoms with Crippen molar-refractivity contribution >= 4 is 11.9 Å². The molecule has 0 N–H and O–H groups in total. The third-order valence-corrected chi connectivity index (χ3v) is 4.57. The Bertz CT molecular complexity index is 498. The van der Waals surface area contributed by atoms with Crippen LogP contribution >= 0.6 is 0 Å². The Balaban J connectivity index is 1.81. The van der Waals surface area contributed by atoms with Crippen LogP contribution in [0, 0.1) is 5.92 Å². The Morgan fingerprint density at radius 3 is 2.38 bits per heavy atom. The number of unbranched alkanes of at least 4 members (excludes halogenated alkanes) is 6. The summed E-state index contributed by atoms with van der Waals surface area (Å²) in [5.74, 6) is 0.451. The Labute approximate surface area is 129 Å². The van der Waals surface area contributed by atoms with Gasteiger partial charge in [0.2, 0.25) is 0 Å². The lowest BCUT2D eigenvalue weighted by Crippen LogP contribution is -2.20. The molecule has 1 atom stereocenters. The number of fused-ring (bicyclic) bond motifs is 1. The lowest BCUT2D eigenvalue weighted by molar-refractivity contribution is 0.0930. The van der Waals surface area contributed by atoms with Crippen molar-refractivity contribution in [3.63, 3.8) is 0 Å². The largest absolute Gasteiger partial charge is 0.293 e. The summed E-state index contributed by atoms with van der Waals surface area (Å²) >= 11 is 0. The number of allylic oxidation sites excluding steroid dienone is 1. The SMILES string of the molecule is CCCCCCCCCC1C(=O)c2ccccc2C=C1C. The van der Waals surface area contributed by atoms with Crippen LogP contribution in [0.5, 0.6) is 0 Å². The molecular formula is C20H28O. The summed E-state index contributed by atoms with van der Waals surface area (Å²) in [6, 6.07) is 7.99. The van der Waals surface area contributed by atoms with E-state index in [4.69, 9.17) is 0 Å². The molecule has 0 amide bonds. The van der Waals surface area contributed by atoms with Gasteiger partial charge in [0.05, 0.1) is 0 Å². The minimum absolute atomic E-state index is 0.121. The fraction of sp³-hybridized carbons (Fsp3) is 0.550. The number of ketones is 1. The average molecular weight is 284 g/mol. The zero-order valence-corrected chi connectivity index (χ0v) is 13.5. The molecule has 0 saturated heterocycles. The van der Waals surface area contributed by atoms with Gasteiger partial charge in [-0.05, 0) is 18.9 Å². The minimum atomic E-state index is 0.121. The van der Waals surface area contributed by atoms with Crippen molar-refractivity contribution in [2.24, 2.45) is 5.92 Å². The fourth-order valence-electron chi connectivity index (χ4n) is 3.25. The van der Waals surface area contributed by atoms with Crippen LogP contribution in [0.4, 0.5) is 0 Å². The molecule has 0 aromatic heterocycles. The maximum Gasteiger partial charge on any atom is 0.170 e. The van der Waals surface area contributed by atoms with Crippen molar-refractivity contribution in [3.8, 4) is 0 Å². The number of hydrogen-bond acceptors (Lipinski definition) is 1. The van der Waals surface area contributed by atoms with E-state index in [0.29, 0.717) is 5.78 Å². The van der Waals surface area contributed by atoms with E-state index in [1.54, 1.807) is 0 Å². The van der Waals surface area contributed by atoms with E-state index in [9.17, 15) is 4.79 Å². The van der Waals surface area contributed by atoms with E-state index in [-0.39, 0.29) is 5.92 Å². The second kappa shape index (κ2) is 8.17. The highest BCUT2D eigenvalue weighted by molar-refractivity contribution is 6.05. The molecule has 1 nitrogen and oxygen atoms in total. The lowest BCUT2D eigenvalue weighted by atomic mass is 9.80. The Kier molecular flexibility index (Phi) is 6.22. The van der Waals surface area contributed by atoms with E-state index >= 15 is 0 Å². The predicted molar refractivity (Wildman–Crippen MR) is 90.5 cm³/mol. The highest BCUT2D eigenvalue weighted by atomic mass is 16.1. The van der Waals surface area contributed by atoms with Gasteiger partial charge in [-0.1, -0.05) is 87.8 Å². The minimum Gasteiger partial charge on any atom is -0.293 e. The number of carbonyl (C=O) groups excluding carboxylic acids is 1. The number of Topliss-reactive ketones (excluding diaryl/α,β-unsaturated/α-hetero) is 1. The van der Waals surface area contributed by atoms with E-state index in [1.165, 1.54) is 50.5 Å². The quantitative estimate of drug-likeness (QED) is 0.532. The van der Waals surface area contributed by atoms with Gasteiger partial charge in [0.25, 0.3) is 0 Å².